The Hall–Kier alpha value is -0.240. The maximum Gasteiger partial charge on any atom is 0.225 e. The Morgan fingerprint density at radius 1 is 1.24 bits per heavy atom. The molecule has 0 aromatic rings. The SMILES string of the molecule is CN(CCCCCCl)C(=O)C1CC2CCC1C2. The van der Waals surface area contributed by atoms with E-state index in [4.69, 9.17) is 11.6 Å². The van der Waals surface area contributed by atoms with E-state index in [9.17, 15) is 4.79 Å². The second-order valence-electron chi connectivity index (χ2n) is 5.79. The predicted octanol–water partition coefficient (Wildman–Crippen LogP) is 3.29. The van der Waals surface area contributed by atoms with Crippen LogP contribution in [0, 0.1) is 17.8 Å². The van der Waals surface area contributed by atoms with E-state index in [1.54, 1.807) is 0 Å². The summed E-state index contributed by atoms with van der Waals surface area (Å²) in [5, 5.41) is 0. The van der Waals surface area contributed by atoms with Crippen molar-refractivity contribution >= 4 is 17.5 Å². The van der Waals surface area contributed by atoms with Crippen LogP contribution >= 0.6 is 11.6 Å². The first-order valence-corrected chi connectivity index (χ1v) is 7.56. The minimum atomic E-state index is 0.353. The van der Waals surface area contributed by atoms with E-state index in [-0.39, 0.29) is 0 Å². The molecule has 3 unspecified atom stereocenters. The molecule has 2 fully saturated rings. The van der Waals surface area contributed by atoms with Crippen LogP contribution in [-0.2, 0) is 4.79 Å². The number of hydrogen-bond donors (Lipinski definition) is 0. The summed E-state index contributed by atoms with van der Waals surface area (Å²) in [6, 6.07) is 0. The molecule has 1 amide bonds. The fourth-order valence-corrected chi connectivity index (χ4v) is 3.75. The molecule has 2 aliphatic rings. The van der Waals surface area contributed by atoms with Crippen molar-refractivity contribution < 1.29 is 4.79 Å². The van der Waals surface area contributed by atoms with E-state index in [1.165, 1.54) is 19.3 Å². The Balaban J connectivity index is 1.72. The van der Waals surface area contributed by atoms with Crippen LogP contribution in [0.3, 0.4) is 0 Å². The summed E-state index contributed by atoms with van der Waals surface area (Å²) < 4.78 is 0. The van der Waals surface area contributed by atoms with Gasteiger partial charge in [-0.15, -0.1) is 11.6 Å². The molecule has 17 heavy (non-hydrogen) atoms. The molecule has 2 nitrogen and oxygen atoms in total. The van der Waals surface area contributed by atoms with E-state index in [1.807, 2.05) is 11.9 Å². The molecule has 3 heteroatoms. The van der Waals surface area contributed by atoms with E-state index in [0.29, 0.717) is 17.7 Å². The van der Waals surface area contributed by atoms with Gasteiger partial charge in [-0.25, -0.2) is 0 Å². The van der Waals surface area contributed by atoms with Crippen molar-refractivity contribution in [3.63, 3.8) is 0 Å². The Morgan fingerprint density at radius 3 is 2.65 bits per heavy atom. The summed E-state index contributed by atoms with van der Waals surface area (Å²) >= 11 is 5.65. The highest BCUT2D eigenvalue weighted by atomic mass is 35.5. The van der Waals surface area contributed by atoms with Crippen LogP contribution in [0.4, 0.5) is 0 Å². The van der Waals surface area contributed by atoms with Crippen molar-refractivity contribution in [2.75, 3.05) is 19.5 Å². The van der Waals surface area contributed by atoms with Crippen LogP contribution in [0.2, 0.25) is 0 Å². The van der Waals surface area contributed by atoms with Crippen LogP contribution in [0.25, 0.3) is 0 Å². The Bertz CT molecular complexity index is 269. The molecule has 2 aliphatic carbocycles. The van der Waals surface area contributed by atoms with Gasteiger partial charge in [-0.05, 0) is 43.9 Å². The maximum absolute atomic E-state index is 12.3. The number of alkyl halides is 1. The van der Waals surface area contributed by atoms with Crippen molar-refractivity contribution in [1.82, 2.24) is 4.90 Å². The Labute approximate surface area is 110 Å². The van der Waals surface area contributed by atoms with Crippen molar-refractivity contribution in [2.45, 2.75) is 44.9 Å². The highest BCUT2D eigenvalue weighted by molar-refractivity contribution is 6.17. The molecule has 2 rings (SSSR count). The van der Waals surface area contributed by atoms with E-state index in [0.717, 1.165) is 44.0 Å². The van der Waals surface area contributed by atoms with Crippen LogP contribution in [0.1, 0.15) is 44.9 Å². The summed E-state index contributed by atoms with van der Waals surface area (Å²) in [4.78, 5) is 14.3. The lowest BCUT2D eigenvalue weighted by Gasteiger charge is -2.26. The van der Waals surface area contributed by atoms with E-state index >= 15 is 0 Å². The number of hydrogen-bond acceptors (Lipinski definition) is 1. The highest BCUT2D eigenvalue weighted by Crippen LogP contribution is 2.48. The molecule has 3 atom stereocenters. The number of carbonyl (C=O) groups is 1. The van der Waals surface area contributed by atoms with Crippen molar-refractivity contribution in [1.29, 1.82) is 0 Å². The normalized spacial score (nSPS) is 30.8. The molecule has 0 aromatic heterocycles. The number of fused-ring (bicyclic) bond motifs is 2. The lowest BCUT2D eigenvalue weighted by Crippen LogP contribution is -2.36. The summed E-state index contributed by atoms with van der Waals surface area (Å²) in [6.07, 6.45) is 8.44. The van der Waals surface area contributed by atoms with Gasteiger partial charge in [-0.3, -0.25) is 4.79 Å². The van der Waals surface area contributed by atoms with Gasteiger partial charge in [0.15, 0.2) is 0 Å². The molecule has 2 bridgehead atoms. The topological polar surface area (TPSA) is 20.3 Å². The molecule has 0 saturated heterocycles. The number of halogens is 1. The van der Waals surface area contributed by atoms with E-state index in [2.05, 4.69) is 0 Å². The smallest absolute Gasteiger partial charge is 0.225 e. The monoisotopic (exact) mass is 257 g/mol. The van der Waals surface area contributed by atoms with Gasteiger partial charge in [-0.1, -0.05) is 12.8 Å². The lowest BCUT2D eigenvalue weighted by molar-refractivity contribution is -0.135. The first-order valence-electron chi connectivity index (χ1n) is 7.03. The Kier molecular flexibility index (Phi) is 4.72. The molecule has 0 heterocycles. The lowest BCUT2D eigenvalue weighted by atomic mass is 9.88. The van der Waals surface area contributed by atoms with Crippen LogP contribution in [0.15, 0.2) is 0 Å². The van der Waals surface area contributed by atoms with Crippen LogP contribution < -0.4 is 0 Å². The summed E-state index contributed by atoms with van der Waals surface area (Å²) in [7, 11) is 1.97. The summed E-state index contributed by atoms with van der Waals surface area (Å²) in [6.45, 7) is 0.906. The molecule has 2 saturated carbocycles. The number of nitrogens with zero attached hydrogens (tertiary/aromatic N) is 1. The molecular formula is C14H24ClNO. The van der Waals surface area contributed by atoms with Gasteiger partial charge in [0.25, 0.3) is 0 Å². The highest BCUT2D eigenvalue weighted by Gasteiger charge is 2.43. The molecule has 0 spiro atoms. The number of amides is 1. The van der Waals surface area contributed by atoms with Gasteiger partial charge in [0, 0.05) is 25.4 Å². The Morgan fingerprint density at radius 2 is 2.06 bits per heavy atom. The van der Waals surface area contributed by atoms with Gasteiger partial charge in [-0.2, -0.15) is 0 Å². The largest absolute Gasteiger partial charge is 0.346 e. The van der Waals surface area contributed by atoms with Gasteiger partial charge in [0.2, 0.25) is 5.91 Å². The predicted molar refractivity (Wildman–Crippen MR) is 71.1 cm³/mol. The summed E-state index contributed by atoms with van der Waals surface area (Å²) in [5.74, 6) is 3.07. The van der Waals surface area contributed by atoms with Gasteiger partial charge >= 0.3 is 0 Å². The zero-order chi connectivity index (χ0) is 12.3. The first-order chi connectivity index (χ1) is 8.22. The standard InChI is InChI=1S/C14H24ClNO/c1-16(8-4-2-3-7-15)14(17)13-10-11-5-6-12(13)9-11/h11-13H,2-10H2,1H3. The van der Waals surface area contributed by atoms with Gasteiger partial charge in [0.1, 0.15) is 0 Å². The fraction of sp³-hybridized carbons (Fsp3) is 0.929. The second-order valence-corrected chi connectivity index (χ2v) is 6.17. The fourth-order valence-electron chi connectivity index (χ4n) is 3.56. The number of rotatable bonds is 6. The van der Waals surface area contributed by atoms with Crippen LogP contribution in [-0.4, -0.2) is 30.3 Å². The van der Waals surface area contributed by atoms with E-state index < -0.39 is 0 Å². The molecule has 0 aromatic carbocycles. The summed E-state index contributed by atoms with van der Waals surface area (Å²) in [5.41, 5.74) is 0. The molecule has 0 radical (unpaired) electrons. The quantitative estimate of drug-likeness (QED) is 0.528. The number of carbonyl (C=O) groups excluding carboxylic acids is 1. The molecule has 0 aliphatic heterocycles. The molecule has 98 valence electrons. The average Bonchev–Trinajstić information content (AvgIpc) is 2.95. The second kappa shape index (κ2) is 6.08. The van der Waals surface area contributed by atoms with Gasteiger partial charge in [0.05, 0.1) is 0 Å². The molecule has 0 N–H and O–H groups in total. The maximum atomic E-state index is 12.3. The van der Waals surface area contributed by atoms with Crippen molar-refractivity contribution in [2.24, 2.45) is 17.8 Å². The van der Waals surface area contributed by atoms with Crippen molar-refractivity contribution in [3.05, 3.63) is 0 Å². The average molecular weight is 258 g/mol. The minimum absolute atomic E-state index is 0.353. The zero-order valence-electron chi connectivity index (χ0n) is 10.8. The third-order valence-electron chi connectivity index (χ3n) is 4.56. The molecular weight excluding hydrogens is 234 g/mol. The minimum Gasteiger partial charge on any atom is -0.346 e. The van der Waals surface area contributed by atoms with Gasteiger partial charge < -0.3 is 4.90 Å². The third kappa shape index (κ3) is 3.15. The van der Waals surface area contributed by atoms with Crippen LogP contribution in [0.5, 0.6) is 0 Å². The third-order valence-corrected chi connectivity index (χ3v) is 4.83. The number of unbranched alkanes of at least 4 members (excludes halogenated alkanes) is 2. The zero-order valence-corrected chi connectivity index (χ0v) is 11.6. The first kappa shape index (κ1) is 13.2. The van der Waals surface area contributed by atoms with Crippen molar-refractivity contribution in [3.8, 4) is 0 Å².